The van der Waals surface area contributed by atoms with E-state index in [4.69, 9.17) is 27.9 Å². The Hall–Kier alpha value is -0.780. The molecule has 1 heterocycles. The van der Waals surface area contributed by atoms with Gasteiger partial charge in [-0.25, -0.2) is 4.68 Å². The lowest BCUT2D eigenvalue weighted by Gasteiger charge is -2.07. The summed E-state index contributed by atoms with van der Waals surface area (Å²) in [6, 6.07) is 5.14. The van der Waals surface area contributed by atoms with E-state index in [1.165, 1.54) is 0 Å². The molecule has 0 saturated heterocycles. The van der Waals surface area contributed by atoms with Gasteiger partial charge in [-0.1, -0.05) is 44.3 Å². The zero-order valence-corrected chi connectivity index (χ0v) is 13.3. The average molecular weight is 365 g/mol. The fourth-order valence-electron chi connectivity index (χ4n) is 1.45. The van der Waals surface area contributed by atoms with E-state index in [9.17, 15) is 0 Å². The second kappa shape index (κ2) is 6.59. The largest absolute Gasteiger partial charge is 0.490 e. The number of alkyl halides is 1. The molecule has 0 amide bonds. The maximum absolute atomic E-state index is 6.01. The van der Waals surface area contributed by atoms with Crippen LogP contribution in [-0.2, 0) is 6.54 Å². The lowest BCUT2D eigenvalue weighted by Crippen LogP contribution is -2.09. The average Bonchev–Trinajstić information content (AvgIpc) is 2.81. The highest BCUT2D eigenvalue weighted by Crippen LogP contribution is 2.27. The maximum Gasteiger partial charge on any atom is 0.138 e. The van der Waals surface area contributed by atoms with Gasteiger partial charge in [0.25, 0.3) is 0 Å². The minimum atomic E-state index is 0.188. The Bertz CT molecular complexity index is 560. The van der Waals surface area contributed by atoms with Crippen LogP contribution in [0.4, 0.5) is 0 Å². The predicted octanol–water partition coefficient (Wildman–Crippen LogP) is 4.12. The van der Waals surface area contributed by atoms with E-state index in [1.54, 1.807) is 22.9 Å². The van der Waals surface area contributed by atoms with Crippen LogP contribution >= 0.6 is 39.1 Å². The topological polar surface area (TPSA) is 39.9 Å². The van der Waals surface area contributed by atoms with E-state index in [0.29, 0.717) is 28.9 Å². The summed E-state index contributed by atoms with van der Waals surface area (Å²) in [6.07, 6.45) is 1.88. The third kappa shape index (κ3) is 4.09. The van der Waals surface area contributed by atoms with E-state index >= 15 is 0 Å². The van der Waals surface area contributed by atoms with E-state index < -0.39 is 0 Å². The quantitative estimate of drug-likeness (QED) is 0.749. The Labute approximate surface area is 129 Å². The molecule has 19 heavy (non-hydrogen) atoms. The molecule has 102 valence electrons. The predicted molar refractivity (Wildman–Crippen MR) is 79.3 cm³/mol. The Morgan fingerprint density at radius 2 is 2.21 bits per heavy atom. The standard InChI is InChI=1S/C12H12BrCl2N3O/c1-8(13)11-7-18(17-16-11)4-5-19-12-3-2-9(14)6-10(12)15/h2-3,6-8H,4-5H2,1H3. The van der Waals surface area contributed by atoms with Crippen molar-refractivity contribution in [1.29, 1.82) is 0 Å². The fourth-order valence-corrected chi connectivity index (χ4v) is 2.12. The van der Waals surface area contributed by atoms with Crippen LogP contribution in [0.1, 0.15) is 17.4 Å². The van der Waals surface area contributed by atoms with Crippen molar-refractivity contribution in [2.45, 2.75) is 18.3 Å². The van der Waals surface area contributed by atoms with Crippen LogP contribution in [0.2, 0.25) is 10.0 Å². The summed E-state index contributed by atoms with van der Waals surface area (Å²) >= 11 is 15.3. The SMILES string of the molecule is CC(Br)c1cn(CCOc2ccc(Cl)cc2Cl)nn1. The minimum absolute atomic E-state index is 0.188. The molecule has 0 spiro atoms. The zero-order chi connectivity index (χ0) is 13.8. The second-order valence-electron chi connectivity index (χ2n) is 3.95. The van der Waals surface area contributed by atoms with Crippen molar-refractivity contribution in [3.05, 3.63) is 40.1 Å². The van der Waals surface area contributed by atoms with Gasteiger partial charge in [0.15, 0.2) is 0 Å². The molecule has 7 heteroatoms. The van der Waals surface area contributed by atoms with Crippen molar-refractivity contribution in [2.75, 3.05) is 6.61 Å². The molecule has 2 aromatic rings. The highest BCUT2D eigenvalue weighted by atomic mass is 79.9. The molecule has 0 aliphatic rings. The summed E-state index contributed by atoms with van der Waals surface area (Å²) in [4.78, 5) is 0.188. The minimum Gasteiger partial charge on any atom is -0.490 e. The third-order valence-electron chi connectivity index (χ3n) is 2.44. The second-order valence-corrected chi connectivity index (χ2v) is 6.16. The molecule has 0 aliphatic carbocycles. The number of aromatic nitrogens is 3. The molecule has 1 atom stereocenters. The molecule has 1 aromatic carbocycles. The summed E-state index contributed by atoms with van der Waals surface area (Å²) in [5.74, 6) is 0.611. The van der Waals surface area contributed by atoms with Gasteiger partial charge in [0, 0.05) is 11.2 Å². The molecule has 0 N–H and O–H groups in total. The third-order valence-corrected chi connectivity index (χ3v) is 3.44. The molecule has 4 nitrogen and oxygen atoms in total. The first-order valence-corrected chi connectivity index (χ1v) is 7.35. The normalized spacial score (nSPS) is 12.4. The monoisotopic (exact) mass is 363 g/mol. The van der Waals surface area contributed by atoms with Gasteiger partial charge >= 0.3 is 0 Å². The summed E-state index contributed by atoms with van der Waals surface area (Å²) in [6.45, 7) is 3.06. The van der Waals surface area contributed by atoms with Gasteiger partial charge in [-0.05, 0) is 25.1 Å². The summed E-state index contributed by atoms with van der Waals surface area (Å²) < 4.78 is 7.31. The molecular weight excluding hydrogens is 353 g/mol. The molecule has 1 aromatic heterocycles. The molecule has 0 radical (unpaired) electrons. The highest BCUT2D eigenvalue weighted by molar-refractivity contribution is 9.09. The first kappa shape index (κ1) is 14.6. The van der Waals surface area contributed by atoms with Crippen LogP contribution in [0.15, 0.2) is 24.4 Å². The van der Waals surface area contributed by atoms with Crippen LogP contribution < -0.4 is 4.74 Å². The smallest absolute Gasteiger partial charge is 0.138 e. The first-order chi connectivity index (χ1) is 9.06. The van der Waals surface area contributed by atoms with Crippen LogP contribution in [-0.4, -0.2) is 21.6 Å². The lowest BCUT2D eigenvalue weighted by atomic mass is 10.3. The van der Waals surface area contributed by atoms with Crippen molar-refractivity contribution in [1.82, 2.24) is 15.0 Å². The van der Waals surface area contributed by atoms with Gasteiger partial charge < -0.3 is 4.74 Å². The highest BCUT2D eigenvalue weighted by Gasteiger charge is 2.06. The summed E-state index contributed by atoms with van der Waals surface area (Å²) in [5.41, 5.74) is 0.893. The van der Waals surface area contributed by atoms with Gasteiger partial charge in [-0.3, -0.25) is 0 Å². The molecule has 0 bridgehead atoms. The number of benzene rings is 1. The van der Waals surface area contributed by atoms with Crippen molar-refractivity contribution in [3.8, 4) is 5.75 Å². The Morgan fingerprint density at radius 1 is 1.42 bits per heavy atom. The van der Waals surface area contributed by atoms with Crippen LogP contribution in [0, 0.1) is 0 Å². The Morgan fingerprint density at radius 3 is 2.84 bits per heavy atom. The maximum atomic E-state index is 6.01. The van der Waals surface area contributed by atoms with Crippen molar-refractivity contribution >= 4 is 39.1 Å². The van der Waals surface area contributed by atoms with E-state index in [2.05, 4.69) is 26.2 Å². The number of halogens is 3. The van der Waals surface area contributed by atoms with Crippen molar-refractivity contribution < 1.29 is 4.74 Å². The number of rotatable bonds is 5. The van der Waals surface area contributed by atoms with Crippen molar-refractivity contribution in [3.63, 3.8) is 0 Å². The Balaban J connectivity index is 1.89. The van der Waals surface area contributed by atoms with Gasteiger partial charge in [0.05, 0.1) is 22.1 Å². The Kier molecular flexibility index (Phi) is 5.07. The van der Waals surface area contributed by atoms with E-state index in [0.717, 1.165) is 5.69 Å². The number of nitrogens with zero attached hydrogens (tertiary/aromatic N) is 3. The van der Waals surface area contributed by atoms with Crippen LogP contribution in [0.5, 0.6) is 5.75 Å². The number of hydrogen-bond donors (Lipinski definition) is 0. The number of ether oxygens (including phenoxy) is 1. The first-order valence-electron chi connectivity index (χ1n) is 5.68. The molecule has 2 rings (SSSR count). The molecule has 0 aliphatic heterocycles. The summed E-state index contributed by atoms with van der Waals surface area (Å²) in [7, 11) is 0. The van der Waals surface area contributed by atoms with Crippen LogP contribution in [0.3, 0.4) is 0 Å². The van der Waals surface area contributed by atoms with Crippen molar-refractivity contribution in [2.24, 2.45) is 0 Å². The van der Waals surface area contributed by atoms with Gasteiger partial charge in [0.1, 0.15) is 12.4 Å². The molecule has 1 unspecified atom stereocenters. The van der Waals surface area contributed by atoms with Crippen LogP contribution in [0.25, 0.3) is 0 Å². The lowest BCUT2D eigenvalue weighted by molar-refractivity contribution is 0.290. The summed E-state index contributed by atoms with van der Waals surface area (Å²) in [5, 5.41) is 9.13. The zero-order valence-electron chi connectivity index (χ0n) is 10.2. The number of hydrogen-bond acceptors (Lipinski definition) is 3. The van der Waals surface area contributed by atoms with Gasteiger partial charge in [0.2, 0.25) is 0 Å². The fraction of sp³-hybridized carbons (Fsp3) is 0.333. The van der Waals surface area contributed by atoms with E-state index in [1.807, 2.05) is 13.1 Å². The molecular formula is C12H12BrCl2N3O. The van der Waals surface area contributed by atoms with E-state index in [-0.39, 0.29) is 4.83 Å². The van der Waals surface area contributed by atoms with Gasteiger partial charge in [-0.15, -0.1) is 5.10 Å². The van der Waals surface area contributed by atoms with Gasteiger partial charge in [-0.2, -0.15) is 0 Å². The molecule has 0 saturated carbocycles. The molecule has 0 fully saturated rings.